The standard InChI is InChI=1S/C15H19FO3S/c1-3-14(17)19-15-6-4-5-12(18-15)10-7-8-13(20-2)11(16)9-10/h7-9,12,15H,3-6H2,1-2H3. The van der Waals surface area contributed by atoms with E-state index in [2.05, 4.69) is 0 Å². The summed E-state index contributed by atoms with van der Waals surface area (Å²) >= 11 is 1.38. The molecule has 1 aliphatic rings. The zero-order valence-corrected chi connectivity index (χ0v) is 12.5. The molecule has 0 saturated carbocycles. The monoisotopic (exact) mass is 298 g/mol. The Bertz CT molecular complexity index is 478. The van der Waals surface area contributed by atoms with Crippen molar-refractivity contribution in [2.75, 3.05) is 6.26 Å². The van der Waals surface area contributed by atoms with Gasteiger partial charge in [0.15, 0.2) is 0 Å². The maximum atomic E-state index is 13.8. The summed E-state index contributed by atoms with van der Waals surface area (Å²) in [7, 11) is 0. The van der Waals surface area contributed by atoms with Gasteiger partial charge in [-0.05, 0) is 36.8 Å². The molecule has 0 aliphatic carbocycles. The third-order valence-corrected chi connectivity index (χ3v) is 4.09. The highest BCUT2D eigenvalue weighted by molar-refractivity contribution is 7.98. The second-order valence-corrected chi connectivity index (χ2v) is 5.57. The number of carbonyl (C=O) groups excluding carboxylic acids is 1. The molecule has 0 bridgehead atoms. The number of ether oxygens (including phenoxy) is 2. The predicted octanol–water partition coefficient (Wildman–Crippen LogP) is 4.07. The molecule has 1 fully saturated rings. The zero-order valence-electron chi connectivity index (χ0n) is 11.7. The molecule has 0 spiro atoms. The smallest absolute Gasteiger partial charge is 0.307 e. The Kier molecular flexibility index (Phi) is 5.43. The van der Waals surface area contributed by atoms with Crippen LogP contribution in [0.1, 0.15) is 44.3 Å². The predicted molar refractivity (Wildman–Crippen MR) is 76.0 cm³/mol. The first-order valence-corrected chi connectivity index (χ1v) is 8.05. The minimum absolute atomic E-state index is 0.205. The Labute approximate surface area is 122 Å². The third kappa shape index (κ3) is 3.73. The molecule has 0 N–H and O–H groups in total. The van der Waals surface area contributed by atoms with Crippen LogP contribution in [0, 0.1) is 5.82 Å². The molecule has 5 heteroatoms. The van der Waals surface area contributed by atoms with E-state index in [9.17, 15) is 9.18 Å². The maximum Gasteiger partial charge on any atom is 0.307 e. The number of hydrogen-bond donors (Lipinski definition) is 0. The van der Waals surface area contributed by atoms with E-state index in [0.29, 0.717) is 17.7 Å². The van der Waals surface area contributed by atoms with Crippen molar-refractivity contribution in [2.45, 2.75) is 49.9 Å². The summed E-state index contributed by atoms with van der Waals surface area (Å²) < 4.78 is 24.8. The van der Waals surface area contributed by atoms with Crippen molar-refractivity contribution in [2.24, 2.45) is 0 Å². The molecule has 1 heterocycles. The number of thioether (sulfide) groups is 1. The summed E-state index contributed by atoms with van der Waals surface area (Å²) in [5.41, 5.74) is 0.803. The lowest BCUT2D eigenvalue weighted by Gasteiger charge is -2.30. The van der Waals surface area contributed by atoms with Crippen molar-refractivity contribution in [3.05, 3.63) is 29.6 Å². The summed E-state index contributed by atoms with van der Waals surface area (Å²) in [6, 6.07) is 5.16. The fourth-order valence-electron chi connectivity index (χ4n) is 2.23. The molecule has 110 valence electrons. The molecular weight excluding hydrogens is 279 g/mol. The highest BCUT2D eigenvalue weighted by Crippen LogP contribution is 2.33. The van der Waals surface area contributed by atoms with Crippen LogP contribution < -0.4 is 0 Å². The van der Waals surface area contributed by atoms with Gasteiger partial charge in [0.2, 0.25) is 6.29 Å². The third-order valence-electron chi connectivity index (χ3n) is 3.32. The van der Waals surface area contributed by atoms with E-state index in [-0.39, 0.29) is 17.9 Å². The lowest BCUT2D eigenvalue weighted by molar-refractivity contribution is -0.203. The van der Waals surface area contributed by atoms with Crippen molar-refractivity contribution in [3.8, 4) is 0 Å². The minimum Gasteiger partial charge on any atom is -0.436 e. The maximum absolute atomic E-state index is 13.8. The number of halogens is 1. The average Bonchev–Trinajstić information content (AvgIpc) is 2.47. The van der Waals surface area contributed by atoms with Gasteiger partial charge in [-0.3, -0.25) is 4.79 Å². The average molecular weight is 298 g/mol. The van der Waals surface area contributed by atoms with Crippen LogP contribution in [-0.2, 0) is 14.3 Å². The first kappa shape index (κ1) is 15.3. The molecule has 1 saturated heterocycles. The second-order valence-electron chi connectivity index (χ2n) is 4.72. The second kappa shape index (κ2) is 7.09. The molecule has 2 unspecified atom stereocenters. The molecule has 1 aromatic carbocycles. The zero-order chi connectivity index (χ0) is 14.5. The molecule has 0 radical (unpaired) electrons. The molecule has 0 amide bonds. The van der Waals surface area contributed by atoms with Gasteiger partial charge in [0.1, 0.15) is 5.82 Å². The molecule has 0 aromatic heterocycles. The van der Waals surface area contributed by atoms with Crippen molar-refractivity contribution in [1.82, 2.24) is 0 Å². The van der Waals surface area contributed by atoms with Crippen LogP contribution in [0.15, 0.2) is 23.1 Å². The molecule has 2 atom stereocenters. The van der Waals surface area contributed by atoms with Gasteiger partial charge in [-0.25, -0.2) is 4.39 Å². The topological polar surface area (TPSA) is 35.5 Å². The van der Waals surface area contributed by atoms with E-state index in [1.807, 2.05) is 12.3 Å². The molecular formula is C15H19FO3S. The van der Waals surface area contributed by atoms with E-state index in [1.54, 1.807) is 13.0 Å². The van der Waals surface area contributed by atoms with Gasteiger partial charge in [-0.15, -0.1) is 11.8 Å². The Balaban J connectivity index is 2.05. The molecule has 3 nitrogen and oxygen atoms in total. The number of carbonyl (C=O) groups is 1. The van der Waals surface area contributed by atoms with Gasteiger partial charge >= 0.3 is 5.97 Å². The molecule has 2 rings (SSSR count). The summed E-state index contributed by atoms with van der Waals surface area (Å²) in [5, 5.41) is 0. The molecule has 1 aliphatic heterocycles. The molecule has 20 heavy (non-hydrogen) atoms. The highest BCUT2D eigenvalue weighted by Gasteiger charge is 2.26. The van der Waals surface area contributed by atoms with Crippen LogP contribution in [0.3, 0.4) is 0 Å². The summed E-state index contributed by atoms with van der Waals surface area (Å²) in [6.07, 6.45) is 3.88. The van der Waals surface area contributed by atoms with E-state index in [4.69, 9.17) is 9.47 Å². The van der Waals surface area contributed by atoms with Crippen LogP contribution in [0.5, 0.6) is 0 Å². The highest BCUT2D eigenvalue weighted by atomic mass is 32.2. The first-order valence-electron chi connectivity index (χ1n) is 6.82. The Morgan fingerprint density at radius 2 is 2.30 bits per heavy atom. The number of benzene rings is 1. The fraction of sp³-hybridized carbons (Fsp3) is 0.533. The van der Waals surface area contributed by atoms with Crippen LogP contribution in [0.25, 0.3) is 0 Å². The summed E-state index contributed by atoms with van der Waals surface area (Å²) in [5.74, 6) is -0.495. The van der Waals surface area contributed by atoms with Crippen LogP contribution in [0.2, 0.25) is 0 Å². The van der Waals surface area contributed by atoms with Gasteiger partial charge in [-0.2, -0.15) is 0 Å². The van der Waals surface area contributed by atoms with Gasteiger partial charge in [0, 0.05) is 17.7 Å². The van der Waals surface area contributed by atoms with Gasteiger partial charge in [0.25, 0.3) is 0 Å². The van der Waals surface area contributed by atoms with E-state index >= 15 is 0 Å². The van der Waals surface area contributed by atoms with Crippen molar-refractivity contribution >= 4 is 17.7 Å². The van der Waals surface area contributed by atoms with Crippen molar-refractivity contribution in [3.63, 3.8) is 0 Å². The first-order chi connectivity index (χ1) is 9.63. The van der Waals surface area contributed by atoms with Gasteiger partial charge < -0.3 is 9.47 Å². The minimum atomic E-state index is -0.510. The molecule has 1 aromatic rings. The normalized spacial score (nSPS) is 22.6. The van der Waals surface area contributed by atoms with E-state index in [0.717, 1.165) is 18.4 Å². The van der Waals surface area contributed by atoms with E-state index < -0.39 is 6.29 Å². The largest absolute Gasteiger partial charge is 0.436 e. The Morgan fingerprint density at radius 3 is 2.95 bits per heavy atom. The van der Waals surface area contributed by atoms with Crippen LogP contribution >= 0.6 is 11.8 Å². The SMILES string of the molecule is CCC(=O)OC1CCCC(c2ccc(SC)c(F)c2)O1. The number of hydrogen-bond acceptors (Lipinski definition) is 4. The Morgan fingerprint density at radius 1 is 1.50 bits per heavy atom. The fourth-order valence-corrected chi connectivity index (χ4v) is 2.69. The van der Waals surface area contributed by atoms with Gasteiger partial charge in [0.05, 0.1) is 6.10 Å². The summed E-state index contributed by atoms with van der Waals surface area (Å²) in [6.45, 7) is 1.75. The quantitative estimate of drug-likeness (QED) is 0.620. The van der Waals surface area contributed by atoms with Crippen LogP contribution in [-0.4, -0.2) is 18.5 Å². The van der Waals surface area contributed by atoms with Crippen LogP contribution in [0.4, 0.5) is 4.39 Å². The van der Waals surface area contributed by atoms with Crippen molar-refractivity contribution < 1.29 is 18.7 Å². The van der Waals surface area contributed by atoms with Crippen molar-refractivity contribution in [1.29, 1.82) is 0 Å². The lowest BCUT2D eigenvalue weighted by atomic mass is 10.0. The van der Waals surface area contributed by atoms with E-state index in [1.165, 1.54) is 17.8 Å². The summed E-state index contributed by atoms with van der Waals surface area (Å²) in [4.78, 5) is 11.9. The number of rotatable bonds is 4. The van der Waals surface area contributed by atoms with Gasteiger partial charge in [-0.1, -0.05) is 13.0 Å². The lowest BCUT2D eigenvalue weighted by Crippen LogP contribution is -2.27. The number of esters is 1. The Hall–Kier alpha value is -1.07.